The van der Waals surface area contributed by atoms with Crippen LogP contribution in [0.15, 0.2) is 24.3 Å². The Morgan fingerprint density at radius 2 is 2.11 bits per heavy atom. The van der Waals surface area contributed by atoms with Crippen LogP contribution in [0.25, 0.3) is 0 Å². The van der Waals surface area contributed by atoms with Gasteiger partial charge in [-0.1, -0.05) is 19.1 Å². The number of nitrogens with one attached hydrogen (secondary N) is 1. The van der Waals surface area contributed by atoms with Gasteiger partial charge in [0.2, 0.25) is 5.91 Å². The number of para-hydroxylation sites is 1. The third-order valence-corrected chi connectivity index (χ3v) is 3.92. The molecule has 18 heavy (non-hydrogen) atoms. The number of anilines is 1. The van der Waals surface area contributed by atoms with Gasteiger partial charge in [0.1, 0.15) is 5.82 Å². The maximum atomic E-state index is 13.3. The highest BCUT2D eigenvalue weighted by Crippen LogP contribution is 2.18. The van der Waals surface area contributed by atoms with Gasteiger partial charge in [0.15, 0.2) is 0 Å². The largest absolute Gasteiger partial charge is 0.396 e. The zero-order chi connectivity index (χ0) is 13.5. The number of hydrogen-bond acceptors (Lipinski definition) is 3. The van der Waals surface area contributed by atoms with Crippen molar-refractivity contribution in [1.82, 2.24) is 0 Å². The van der Waals surface area contributed by atoms with E-state index in [-0.39, 0.29) is 29.4 Å². The first-order valence-corrected chi connectivity index (χ1v) is 6.87. The zero-order valence-electron chi connectivity index (χ0n) is 10.5. The van der Waals surface area contributed by atoms with E-state index in [1.54, 1.807) is 19.1 Å². The Balaban J connectivity index is 2.48. The van der Waals surface area contributed by atoms with Gasteiger partial charge in [-0.25, -0.2) is 4.39 Å². The average Bonchev–Trinajstić information content (AvgIpc) is 2.38. The molecule has 0 radical (unpaired) electrons. The number of carbonyl (C=O) groups is 1. The maximum Gasteiger partial charge on any atom is 0.237 e. The maximum absolute atomic E-state index is 13.3. The number of carbonyl (C=O) groups excluding carboxylic acids is 1. The lowest BCUT2D eigenvalue weighted by molar-refractivity contribution is -0.115. The van der Waals surface area contributed by atoms with E-state index in [2.05, 4.69) is 5.32 Å². The summed E-state index contributed by atoms with van der Waals surface area (Å²) in [5.41, 5.74) is 0.199. The van der Waals surface area contributed by atoms with E-state index >= 15 is 0 Å². The Hall–Kier alpha value is -1.07. The number of benzene rings is 1. The Labute approximate surface area is 111 Å². The molecule has 0 heterocycles. The molecule has 0 bridgehead atoms. The molecule has 1 aromatic rings. The summed E-state index contributed by atoms with van der Waals surface area (Å²) in [5.74, 6) is 0.184. The lowest BCUT2D eigenvalue weighted by Crippen LogP contribution is -2.24. The van der Waals surface area contributed by atoms with Crippen LogP contribution in [0.2, 0.25) is 0 Å². The summed E-state index contributed by atoms with van der Waals surface area (Å²) in [4.78, 5) is 11.8. The van der Waals surface area contributed by atoms with E-state index in [0.717, 1.165) is 0 Å². The average molecular weight is 271 g/mol. The van der Waals surface area contributed by atoms with Crippen molar-refractivity contribution in [2.75, 3.05) is 17.7 Å². The smallest absolute Gasteiger partial charge is 0.237 e. The topological polar surface area (TPSA) is 49.3 Å². The van der Waals surface area contributed by atoms with Gasteiger partial charge in [-0.3, -0.25) is 4.79 Å². The molecule has 2 N–H and O–H groups in total. The minimum Gasteiger partial charge on any atom is -0.396 e. The number of halogens is 1. The van der Waals surface area contributed by atoms with Crippen molar-refractivity contribution in [3.05, 3.63) is 30.1 Å². The summed E-state index contributed by atoms with van der Waals surface area (Å²) in [6.45, 7) is 3.79. The van der Waals surface area contributed by atoms with E-state index in [0.29, 0.717) is 5.75 Å². The number of amides is 1. The molecule has 2 atom stereocenters. The molecule has 0 aliphatic carbocycles. The summed E-state index contributed by atoms with van der Waals surface area (Å²) in [6, 6.07) is 6.08. The number of hydrogen-bond donors (Lipinski definition) is 2. The predicted molar refractivity (Wildman–Crippen MR) is 73.2 cm³/mol. The van der Waals surface area contributed by atoms with Gasteiger partial charge in [0, 0.05) is 6.61 Å². The Morgan fingerprint density at radius 1 is 1.44 bits per heavy atom. The quantitative estimate of drug-likeness (QED) is 0.836. The molecule has 1 amide bonds. The van der Waals surface area contributed by atoms with Crippen LogP contribution in [-0.2, 0) is 4.79 Å². The van der Waals surface area contributed by atoms with E-state index in [1.165, 1.54) is 23.9 Å². The first kappa shape index (κ1) is 15.0. The summed E-state index contributed by atoms with van der Waals surface area (Å²) >= 11 is 1.45. The van der Waals surface area contributed by atoms with Crippen molar-refractivity contribution < 1.29 is 14.3 Å². The predicted octanol–water partition coefficient (Wildman–Crippen LogP) is 2.51. The highest BCUT2D eigenvalue weighted by molar-refractivity contribution is 8.00. The van der Waals surface area contributed by atoms with Crippen LogP contribution in [0.1, 0.15) is 13.8 Å². The number of aliphatic hydroxyl groups is 1. The molecule has 1 rings (SSSR count). The highest BCUT2D eigenvalue weighted by Gasteiger charge is 2.16. The molecule has 3 nitrogen and oxygen atoms in total. The minimum absolute atomic E-state index is 0.106. The second-order valence-corrected chi connectivity index (χ2v) is 5.61. The molecule has 2 unspecified atom stereocenters. The second kappa shape index (κ2) is 7.38. The molecule has 1 aromatic carbocycles. The highest BCUT2D eigenvalue weighted by atomic mass is 32.2. The molecule has 0 saturated heterocycles. The van der Waals surface area contributed by atoms with E-state index < -0.39 is 5.82 Å². The summed E-state index contributed by atoms with van der Waals surface area (Å²) in [6.07, 6.45) is 0. The first-order chi connectivity index (χ1) is 8.54. The fraction of sp³-hybridized carbons (Fsp3) is 0.462. The molecule has 0 spiro atoms. The van der Waals surface area contributed by atoms with Gasteiger partial charge in [-0.2, -0.15) is 0 Å². The normalized spacial score (nSPS) is 14.0. The van der Waals surface area contributed by atoms with Crippen molar-refractivity contribution in [2.45, 2.75) is 19.1 Å². The molecule has 0 saturated carbocycles. The fourth-order valence-corrected chi connectivity index (χ4v) is 2.17. The summed E-state index contributed by atoms with van der Waals surface area (Å²) < 4.78 is 13.3. The SMILES string of the molecule is CC(CO)CSC(C)C(=O)Nc1ccccc1F. The third kappa shape index (κ3) is 4.66. The van der Waals surface area contributed by atoms with Crippen LogP contribution in [0, 0.1) is 11.7 Å². The van der Waals surface area contributed by atoms with Crippen molar-refractivity contribution >= 4 is 23.4 Å². The molecule has 5 heteroatoms. The van der Waals surface area contributed by atoms with Crippen molar-refractivity contribution in [2.24, 2.45) is 5.92 Å². The third-order valence-electron chi connectivity index (χ3n) is 2.44. The van der Waals surface area contributed by atoms with Crippen LogP contribution in [-0.4, -0.2) is 28.6 Å². The lowest BCUT2D eigenvalue weighted by Gasteiger charge is -2.14. The van der Waals surface area contributed by atoms with Crippen LogP contribution in [0.4, 0.5) is 10.1 Å². The lowest BCUT2D eigenvalue weighted by atomic mass is 10.2. The number of rotatable bonds is 6. The van der Waals surface area contributed by atoms with Crippen LogP contribution >= 0.6 is 11.8 Å². The molecule has 0 aliphatic heterocycles. The Morgan fingerprint density at radius 3 is 2.72 bits per heavy atom. The fourth-order valence-electron chi connectivity index (χ4n) is 1.23. The number of aliphatic hydroxyl groups excluding tert-OH is 1. The van der Waals surface area contributed by atoms with Gasteiger partial charge in [-0.05, 0) is 30.7 Å². The summed E-state index contributed by atoms with van der Waals surface area (Å²) in [5, 5.41) is 11.2. The zero-order valence-corrected chi connectivity index (χ0v) is 11.3. The van der Waals surface area contributed by atoms with Gasteiger partial charge in [0.05, 0.1) is 10.9 Å². The monoisotopic (exact) mass is 271 g/mol. The van der Waals surface area contributed by atoms with Gasteiger partial charge in [-0.15, -0.1) is 11.8 Å². The van der Waals surface area contributed by atoms with Crippen molar-refractivity contribution in [3.63, 3.8) is 0 Å². The standard InChI is InChI=1S/C13H18FNO2S/c1-9(7-16)8-18-10(2)13(17)15-12-6-4-3-5-11(12)14/h3-6,9-10,16H,7-8H2,1-2H3,(H,15,17). The van der Waals surface area contributed by atoms with Crippen LogP contribution in [0.3, 0.4) is 0 Å². The first-order valence-electron chi connectivity index (χ1n) is 5.82. The molecule has 100 valence electrons. The van der Waals surface area contributed by atoms with E-state index in [4.69, 9.17) is 5.11 Å². The van der Waals surface area contributed by atoms with Gasteiger partial charge in [0.25, 0.3) is 0 Å². The Bertz CT molecular complexity index is 400. The van der Waals surface area contributed by atoms with Gasteiger partial charge >= 0.3 is 0 Å². The molecule has 0 aliphatic rings. The summed E-state index contributed by atoms with van der Waals surface area (Å²) in [7, 11) is 0. The van der Waals surface area contributed by atoms with Crippen molar-refractivity contribution in [3.8, 4) is 0 Å². The minimum atomic E-state index is -0.438. The van der Waals surface area contributed by atoms with Crippen LogP contribution in [0.5, 0.6) is 0 Å². The molecule has 0 aromatic heterocycles. The molecular formula is C13H18FNO2S. The van der Waals surface area contributed by atoms with Crippen LogP contribution < -0.4 is 5.32 Å². The van der Waals surface area contributed by atoms with Crippen molar-refractivity contribution in [1.29, 1.82) is 0 Å². The van der Waals surface area contributed by atoms with E-state index in [9.17, 15) is 9.18 Å². The van der Waals surface area contributed by atoms with E-state index in [1.807, 2.05) is 6.92 Å². The molecular weight excluding hydrogens is 253 g/mol. The van der Waals surface area contributed by atoms with Gasteiger partial charge < -0.3 is 10.4 Å². The second-order valence-electron chi connectivity index (χ2n) is 4.23. The molecule has 0 fully saturated rings. The number of thioether (sulfide) groups is 1. The Kier molecular flexibility index (Phi) is 6.15.